The Bertz CT molecular complexity index is 996. The molecule has 29 heavy (non-hydrogen) atoms. The van der Waals surface area contributed by atoms with Gasteiger partial charge in [0.1, 0.15) is 19.0 Å². The fourth-order valence-corrected chi connectivity index (χ4v) is 2.96. The monoisotopic (exact) mass is 393 g/mol. The van der Waals surface area contributed by atoms with E-state index < -0.39 is 0 Å². The minimum atomic E-state index is -0.304. The van der Waals surface area contributed by atoms with Crippen molar-refractivity contribution in [2.45, 2.75) is 26.5 Å². The Hall–Kier alpha value is -3.48. The average molecular weight is 393 g/mol. The van der Waals surface area contributed by atoms with Crippen LogP contribution in [-0.2, 0) is 6.73 Å². The number of hydrogen-bond acceptors (Lipinski definition) is 5. The molecule has 1 N–H and O–H groups in total. The first-order valence-electron chi connectivity index (χ1n) is 9.56. The highest BCUT2D eigenvalue weighted by molar-refractivity contribution is 6.02. The van der Waals surface area contributed by atoms with Crippen LogP contribution in [-0.4, -0.2) is 28.9 Å². The van der Waals surface area contributed by atoms with E-state index in [1.54, 1.807) is 35.1 Å². The van der Waals surface area contributed by atoms with Crippen LogP contribution in [0.1, 0.15) is 35.8 Å². The molecule has 0 saturated carbocycles. The highest BCUT2D eigenvalue weighted by Gasteiger charge is 2.15. The number of hydrogen-bond donors (Lipinski definition) is 1. The number of aromatic nitrogens is 2. The SMILES string of the molecule is CC(C)c1ccc(OCn2ccc(C(=O)Nc3ccc4c(c3)OCCO4)n2)cc1. The molecule has 0 aliphatic carbocycles. The van der Waals surface area contributed by atoms with E-state index in [1.165, 1.54) is 5.56 Å². The Morgan fingerprint density at radius 2 is 1.86 bits per heavy atom. The Morgan fingerprint density at radius 3 is 2.62 bits per heavy atom. The molecule has 0 spiro atoms. The van der Waals surface area contributed by atoms with Crippen molar-refractivity contribution in [3.63, 3.8) is 0 Å². The summed E-state index contributed by atoms with van der Waals surface area (Å²) in [4.78, 5) is 12.5. The third kappa shape index (κ3) is 4.51. The van der Waals surface area contributed by atoms with Crippen LogP contribution in [0.3, 0.4) is 0 Å². The second-order valence-corrected chi connectivity index (χ2v) is 7.05. The molecular formula is C22H23N3O4. The van der Waals surface area contributed by atoms with Gasteiger partial charge in [-0.05, 0) is 41.8 Å². The maximum Gasteiger partial charge on any atom is 0.276 e. The summed E-state index contributed by atoms with van der Waals surface area (Å²) in [6.07, 6.45) is 1.71. The Balaban J connectivity index is 1.35. The topological polar surface area (TPSA) is 74.6 Å². The van der Waals surface area contributed by atoms with Crippen LogP contribution >= 0.6 is 0 Å². The first-order valence-corrected chi connectivity index (χ1v) is 9.56. The summed E-state index contributed by atoms with van der Waals surface area (Å²) in [6.45, 7) is 5.54. The lowest BCUT2D eigenvalue weighted by molar-refractivity contribution is 0.102. The van der Waals surface area contributed by atoms with Gasteiger partial charge in [0.2, 0.25) is 0 Å². The number of fused-ring (bicyclic) bond motifs is 1. The molecule has 4 rings (SSSR count). The maximum absolute atomic E-state index is 12.5. The lowest BCUT2D eigenvalue weighted by Crippen LogP contribution is -2.17. The molecule has 3 aromatic rings. The molecule has 150 valence electrons. The van der Waals surface area contributed by atoms with Crippen molar-refractivity contribution < 1.29 is 19.0 Å². The summed E-state index contributed by atoms with van der Waals surface area (Å²) in [5, 5.41) is 7.10. The number of rotatable bonds is 6. The number of carbonyl (C=O) groups excluding carboxylic acids is 1. The predicted molar refractivity (Wildman–Crippen MR) is 109 cm³/mol. The third-order valence-electron chi connectivity index (χ3n) is 4.58. The predicted octanol–water partition coefficient (Wildman–Crippen LogP) is 4.07. The summed E-state index contributed by atoms with van der Waals surface area (Å²) < 4.78 is 18.3. The van der Waals surface area contributed by atoms with Crippen molar-refractivity contribution in [1.82, 2.24) is 9.78 Å². The van der Waals surface area contributed by atoms with E-state index in [1.807, 2.05) is 12.1 Å². The Morgan fingerprint density at radius 1 is 1.10 bits per heavy atom. The number of carbonyl (C=O) groups is 1. The van der Waals surface area contributed by atoms with Crippen molar-refractivity contribution in [1.29, 1.82) is 0 Å². The highest BCUT2D eigenvalue weighted by atomic mass is 16.6. The van der Waals surface area contributed by atoms with Gasteiger partial charge in [-0.1, -0.05) is 26.0 Å². The van der Waals surface area contributed by atoms with E-state index in [2.05, 4.69) is 36.4 Å². The molecule has 1 aromatic heterocycles. The molecule has 2 aromatic carbocycles. The second kappa shape index (κ2) is 8.26. The first kappa shape index (κ1) is 18.9. The fourth-order valence-electron chi connectivity index (χ4n) is 2.96. The van der Waals surface area contributed by atoms with E-state index in [9.17, 15) is 4.79 Å². The zero-order chi connectivity index (χ0) is 20.2. The van der Waals surface area contributed by atoms with Gasteiger partial charge in [-0.3, -0.25) is 4.79 Å². The fraction of sp³-hybridized carbons (Fsp3) is 0.273. The molecular weight excluding hydrogens is 370 g/mol. The van der Waals surface area contributed by atoms with Gasteiger partial charge in [0.15, 0.2) is 23.9 Å². The summed E-state index contributed by atoms with van der Waals surface area (Å²) in [6, 6.07) is 14.9. The molecule has 1 aliphatic heterocycles. The van der Waals surface area contributed by atoms with Crippen LogP contribution in [0.25, 0.3) is 0 Å². The number of anilines is 1. The third-order valence-corrected chi connectivity index (χ3v) is 4.58. The quantitative estimate of drug-likeness (QED) is 0.683. The molecule has 0 bridgehead atoms. The van der Waals surface area contributed by atoms with Gasteiger partial charge < -0.3 is 19.5 Å². The summed E-state index contributed by atoms with van der Waals surface area (Å²) >= 11 is 0. The largest absolute Gasteiger partial charge is 0.486 e. The van der Waals surface area contributed by atoms with Crippen molar-refractivity contribution >= 4 is 11.6 Å². The smallest absolute Gasteiger partial charge is 0.276 e. The molecule has 0 unspecified atom stereocenters. The van der Waals surface area contributed by atoms with Gasteiger partial charge in [-0.25, -0.2) is 4.68 Å². The average Bonchev–Trinajstić information content (AvgIpc) is 3.22. The Kier molecular flexibility index (Phi) is 5.37. The number of ether oxygens (including phenoxy) is 3. The molecule has 7 heteroatoms. The van der Waals surface area contributed by atoms with Crippen LogP contribution in [0.15, 0.2) is 54.7 Å². The highest BCUT2D eigenvalue weighted by Crippen LogP contribution is 2.32. The van der Waals surface area contributed by atoms with Crippen LogP contribution in [0.2, 0.25) is 0 Å². The molecule has 0 radical (unpaired) electrons. The Labute approximate surface area is 169 Å². The maximum atomic E-state index is 12.5. The van der Waals surface area contributed by atoms with Gasteiger partial charge >= 0.3 is 0 Å². The van der Waals surface area contributed by atoms with Gasteiger partial charge in [0.05, 0.1) is 0 Å². The van der Waals surface area contributed by atoms with Crippen molar-refractivity contribution in [2.24, 2.45) is 0 Å². The number of nitrogens with zero attached hydrogens (tertiary/aromatic N) is 2. The first-order chi connectivity index (χ1) is 14.1. The van der Waals surface area contributed by atoms with Gasteiger partial charge in [-0.2, -0.15) is 5.10 Å². The van der Waals surface area contributed by atoms with Crippen molar-refractivity contribution in [3.05, 3.63) is 66.0 Å². The van der Waals surface area contributed by atoms with Crippen molar-refractivity contribution in [2.75, 3.05) is 18.5 Å². The van der Waals surface area contributed by atoms with Gasteiger partial charge in [0, 0.05) is 18.0 Å². The number of amides is 1. The summed E-state index contributed by atoms with van der Waals surface area (Å²) in [5.74, 6) is 2.23. The molecule has 0 atom stereocenters. The van der Waals surface area contributed by atoms with Crippen LogP contribution in [0.4, 0.5) is 5.69 Å². The lowest BCUT2D eigenvalue weighted by atomic mass is 10.0. The molecule has 2 heterocycles. The summed E-state index contributed by atoms with van der Waals surface area (Å²) in [7, 11) is 0. The normalized spacial score (nSPS) is 12.7. The van der Waals surface area contributed by atoms with Gasteiger partial charge in [-0.15, -0.1) is 0 Å². The van der Waals surface area contributed by atoms with E-state index >= 15 is 0 Å². The minimum Gasteiger partial charge on any atom is -0.486 e. The van der Waals surface area contributed by atoms with Crippen LogP contribution < -0.4 is 19.5 Å². The number of nitrogens with one attached hydrogen (secondary N) is 1. The lowest BCUT2D eigenvalue weighted by Gasteiger charge is -2.18. The van der Waals surface area contributed by atoms with E-state index in [0.29, 0.717) is 42.0 Å². The van der Waals surface area contributed by atoms with E-state index in [-0.39, 0.29) is 12.6 Å². The zero-order valence-corrected chi connectivity index (χ0v) is 16.4. The minimum absolute atomic E-state index is 0.221. The molecule has 1 amide bonds. The van der Waals surface area contributed by atoms with E-state index in [0.717, 1.165) is 5.75 Å². The number of benzene rings is 2. The second-order valence-electron chi connectivity index (χ2n) is 7.05. The van der Waals surface area contributed by atoms with Crippen LogP contribution in [0, 0.1) is 0 Å². The molecule has 7 nitrogen and oxygen atoms in total. The molecule has 1 aliphatic rings. The van der Waals surface area contributed by atoms with Gasteiger partial charge in [0.25, 0.3) is 5.91 Å². The zero-order valence-electron chi connectivity index (χ0n) is 16.4. The standard InChI is InChI=1S/C22H23N3O4/c1-15(2)16-3-6-18(7-4-16)29-14-25-10-9-19(24-25)22(26)23-17-5-8-20-21(13-17)28-12-11-27-20/h3-10,13,15H,11-12,14H2,1-2H3,(H,23,26). The summed E-state index contributed by atoms with van der Waals surface area (Å²) in [5.41, 5.74) is 2.18. The van der Waals surface area contributed by atoms with E-state index in [4.69, 9.17) is 14.2 Å². The van der Waals surface area contributed by atoms with Crippen molar-refractivity contribution in [3.8, 4) is 17.2 Å². The van der Waals surface area contributed by atoms with Crippen LogP contribution in [0.5, 0.6) is 17.2 Å². The molecule has 0 saturated heterocycles. The molecule has 0 fully saturated rings.